The van der Waals surface area contributed by atoms with Crippen molar-refractivity contribution in [3.8, 4) is 0 Å². The van der Waals surface area contributed by atoms with Crippen LogP contribution in [0.4, 0.5) is 0 Å². The highest BCUT2D eigenvalue weighted by molar-refractivity contribution is 7.95. The van der Waals surface area contributed by atoms with Gasteiger partial charge in [-0.3, -0.25) is 4.79 Å². The van der Waals surface area contributed by atoms with Gasteiger partial charge in [0.25, 0.3) is 0 Å². The van der Waals surface area contributed by atoms with Gasteiger partial charge >= 0.3 is 5.97 Å². The van der Waals surface area contributed by atoms with Gasteiger partial charge in [-0.15, -0.1) is 0 Å². The van der Waals surface area contributed by atoms with Crippen LogP contribution >= 0.6 is 0 Å². The number of carboxylic acid groups (broad SMARTS) is 1. The molecule has 0 aromatic rings. The van der Waals surface area contributed by atoms with Crippen molar-refractivity contribution in [2.24, 2.45) is 0 Å². The standard InChI is InChI=1S/C7H14O3S/c1-11(2)4-3-6(8)5-7(9)10/h6,8H,3-5H2,1-2H3/p+1/t6-/m1/s1. The van der Waals surface area contributed by atoms with E-state index >= 15 is 0 Å². The minimum atomic E-state index is -0.926. The molecule has 0 heterocycles. The van der Waals surface area contributed by atoms with Crippen molar-refractivity contribution in [1.82, 2.24) is 0 Å². The summed E-state index contributed by atoms with van der Waals surface area (Å²) in [6, 6.07) is 0. The van der Waals surface area contributed by atoms with Crippen molar-refractivity contribution in [3.63, 3.8) is 0 Å². The van der Waals surface area contributed by atoms with E-state index < -0.39 is 12.1 Å². The molecule has 0 radical (unpaired) electrons. The first kappa shape index (κ1) is 10.8. The monoisotopic (exact) mass is 179 g/mol. The predicted octanol–water partition coefficient (Wildman–Crippen LogP) is 0.0900. The van der Waals surface area contributed by atoms with Crippen LogP contribution in [0, 0.1) is 0 Å². The summed E-state index contributed by atoms with van der Waals surface area (Å²) < 4.78 is 0. The molecular weight excluding hydrogens is 164 g/mol. The first-order valence-electron chi connectivity index (χ1n) is 3.46. The Labute approximate surface area is 69.8 Å². The van der Waals surface area contributed by atoms with E-state index in [2.05, 4.69) is 12.5 Å². The largest absolute Gasteiger partial charge is 0.481 e. The molecule has 0 bridgehead atoms. The molecule has 0 aromatic heterocycles. The van der Waals surface area contributed by atoms with E-state index in [0.717, 1.165) is 5.75 Å². The number of carbonyl (C=O) groups is 1. The fourth-order valence-electron chi connectivity index (χ4n) is 0.675. The van der Waals surface area contributed by atoms with E-state index in [4.69, 9.17) is 10.2 Å². The molecule has 0 aliphatic heterocycles. The predicted molar refractivity (Wildman–Crippen MR) is 47.0 cm³/mol. The normalized spacial score (nSPS) is 13.5. The number of aliphatic hydroxyl groups is 1. The first-order valence-corrected chi connectivity index (χ1v) is 5.67. The van der Waals surface area contributed by atoms with Crippen LogP contribution in [0.5, 0.6) is 0 Å². The number of aliphatic carboxylic acids is 1. The lowest BCUT2D eigenvalue weighted by atomic mass is 10.2. The number of hydrogen-bond donors (Lipinski definition) is 2. The summed E-state index contributed by atoms with van der Waals surface area (Å²) in [6.45, 7) is 0. The summed E-state index contributed by atoms with van der Waals surface area (Å²) in [5.41, 5.74) is 0. The number of carboxylic acids is 1. The lowest BCUT2D eigenvalue weighted by Crippen LogP contribution is -2.17. The van der Waals surface area contributed by atoms with Crippen LogP contribution in [0.1, 0.15) is 12.8 Å². The lowest BCUT2D eigenvalue weighted by Gasteiger charge is -2.04. The fourth-order valence-corrected chi connectivity index (χ4v) is 1.42. The van der Waals surface area contributed by atoms with Gasteiger partial charge in [-0.25, -0.2) is 0 Å². The van der Waals surface area contributed by atoms with Crippen LogP contribution in [0.15, 0.2) is 0 Å². The Bertz CT molecular complexity index is 125. The Morgan fingerprint density at radius 1 is 1.55 bits per heavy atom. The van der Waals surface area contributed by atoms with Gasteiger partial charge in [0, 0.05) is 6.42 Å². The molecule has 11 heavy (non-hydrogen) atoms. The molecule has 3 nitrogen and oxygen atoms in total. The Balaban J connectivity index is 3.37. The van der Waals surface area contributed by atoms with Crippen LogP contribution in [0.3, 0.4) is 0 Å². The van der Waals surface area contributed by atoms with Gasteiger partial charge in [0.15, 0.2) is 0 Å². The summed E-state index contributed by atoms with van der Waals surface area (Å²) in [5, 5.41) is 17.4. The first-order chi connectivity index (χ1) is 5.02. The highest BCUT2D eigenvalue weighted by Crippen LogP contribution is 2.00. The zero-order chi connectivity index (χ0) is 8.85. The number of hydrogen-bond acceptors (Lipinski definition) is 2. The summed E-state index contributed by atoms with van der Waals surface area (Å²) in [7, 11) is 0.296. The zero-order valence-corrected chi connectivity index (χ0v) is 7.73. The van der Waals surface area contributed by atoms with Crippen molar-refractivity contribution in [2.45, 2.75) is 18.9 Å². The van der Waals surface area contributed by atoms with E-state index in [1.165, 1.54) is 0 Å². The van der Waals surface area contributed by atoms with Crippen molar-refractivity contribution in [2.75, 3.05) is 18.3 Å². The second-order valence-electron chi connectivity index (χ2n) is 2.73. The van der Waals surface area contributed by atoms with Gasteiger partial charge in [-0.05, 0) is 10.9 Å². The lowest BCUT2D eigenvalue weighted by molar-refractivity contribution is -0.139. The number of aliphatic hydroxyl groups excluding tert-OH is 1. The van der Waals surface area contributed by atoms with Gasteiger partial charge in [-0.1, -0.05) is 0 Å². The van der Waals surface area contributed by atoms with Gasteiger partial charge in [-0.2, -0.15) is 0 Å². The van der Waals surface area contributed by atoms with E-state index in [-0.39, 0.29) is 6.42 Å². The van der Waals surface area contributed by atoms with E-state index in [1.807, 2.05) is 0 Å². The zero-order valence-electron chi connectivity index (χ0n) is 6.91. The third-order valence-electron chi connectivity index (χ3n) is 1.27. The second kappa shape index (κ2) is 5.43. The third kappa shape index (κ3) is 7.68. The Morgan fingerprint density at radius 3 is 2.45 bits per heavy atom. The molecule has 0 unspecified atom stereocenters. The molecule has 0 saturated heterocycles. The maximum atomic E-state index is 10.1. The second-order valence-corrected chi connectivity index (χ2v) is 5.11. The fraction of sp³-hybridized carbons (Fsp3) is 0.857. The summed E-state index contributed by atoms with van der Waals surface area (Å²) in [6.07, 6.45) is 3.96. The molecule has 0 spiro atoms. The Kier molecular flexibility index (Phi) is 5.32. The topological polar surface area (TPSA) is 57.5 Å². The molecule has 0 aliphatic carbocycles. The van der Waals surface area contributed by atoms with E-state index in [0.29, 0.717) is 17.3 Å². The average Bonchev–Trinajstić information content (AvgIpc) is 1.82. The minimum absolute atomic E-state index is 0.128. The molecule has 66 valence electrons. The molecule has 0 fully saturated rings. The maximum Gasteiger partial charge on any atom is 0.305 e. The van der Waals surface area contributed by atoms with E-state index in [9.17, 15) is 4.79 Å². The maximum absolute atomic E-state index is 10.1. The quantitative estimate of drug-likeness (QED) is 0.588. The minimum Gasteiger partial charge on any atom is -0.481 e. The summed E-state index contributed by atoms with van der Waals surface area (Å²) in [5.74, 6) is -0.0151. The molecule has 0 rings (SSSR count). The smallest absolute Gasteiger partial charge is 0.305 e. The molecule has 0 aliphatic rings. The van der Waals surface area contributed by atoms with Gasteiger partial charge in [0.2, 0.25) is 0 Å². The average molecular weight is 179 g/mol. The highest BCUT2D eigenvalue weighted by atomic mass is 32.2. The van der Waals surface area contributed by atoms with E-state index in [1.54, 1.807) is 0 Å². The molecule has 0 saturated carbocycles. The Morgan fingerprint density at radius 2 is 2.09 bits per heavy atom. The van der Waals surface area contributed by atoms with Gasteiger partial charge in [0.1, 0.15) is 5.75 Å². The van der Waals surface area contributed by atoms with Crippen LogP contribution in [0.25, 0.3) is 0 Å². The molecule has 4 heteroatoms. The van der Waals surface area contributed by atoms with Crippen LogP contribution in [-0.2, 0) is 15.7 Å². The third-order valence-corrected chi connectivity index (χ3v) is 2.32. The molecular formula is C7H15O3S+. The van der Waals surface area contributed by atoms with Crippen LogP contribution in [0.2, 0.25) is 0 Å². The van der Waals surface area contributed by atoms with Gasteiger partial charge < -0.3 is 10.2 Å². The summed E-state index contributed by atoms with van der Waals surface area (Å²) in [4.78, 5) is 10.1. The highest BCUT2D eigenvalue weighted by Gasteiger charge is 2.12. The van der Waals surface area contributed by atoms with Crippen molar-refractivity contribution in [1.29, 1.82) is 0 Å². The van der Waals surface area contributed by atoms with Crippen molar-refractivity contribution >= 4 is 16.9 Å². The molecule has 2 N–H and O–H groups in total. The van der Waals surface area contributed by atoms with Crippen LogP contribution < -0.4 is 0 Å². The molecule has 0 aromatic carbocycles. The molecule has 1 atom stereocenters. The van der Waals surface area contributed by atoms with Gasteiger partial charge in [0.05, 0.1) is 25.0 Å². The van der Waals surface area contributed by atoms with Crippen molar-refractivity contribution < 1.29 is 15.0 Å². The van der Waals surface area contributed by atoms with Crippen LogP contribution in [-0.4, -0.2) is 40.6 Å². The summed E-state index contributed by atoms with van der Waals surface area (Å²) >= 11 is 0. The number of rotatable bonds is 5. The molecule has 0 amide bonds. The SMILES string of the molecule is C[S+](C)CC[C@@H](O)CC(=O)O. The van der Waals surface area contributed by atoms with Crippen molar-refractivity contribution in [3.05, 3.63) is 0 Å². The Hall–Kier alpha value is -0.220.